The van der Waals surface area contributed by atoms with Gasteiger partial charge in [-0.05, 0) is 42.4 Å². The van der Waals surface area contributed by atoms with E-state index in [9.17, 15) is 10.0 Å². The van der Waals surface area contributed by atoms with Crippen LogP contribution in [0.3, 0.4) is 0 Å². The molecule has 6 heteroatoms. The Morgan fingerprint density at radius 2 is 1.76 bits per heavy atom. The topological polar surface area (TPSA) is 54.6 Å². The molecule has 0 radical (unpaired) electrons. The highest BCUT2D eigenvalue weighted by atomic mass is 28.4. The summed E-state index contributed by atoms with van der Waals surface area (Å²) in [6.07, 6.45) is 0. The van der Waals surface area contributed by atoms with E-state index >= 15 is 0 Å². The first-order chi connectivity index (χ1) is 9.53. The van der Waals surface area contributed by atoms with Crippen molar-refractivity contribution in [2.24, 2.45) is 7.05 Å². The molecule has 4 nitrogen and oxygen atoms in total. The van der Waals surface area contributed by atoms with E-state index < -0.39 is 15.4 Å². The zero-order chi connectivity index (χ0) is 16.0. The van der Waals surface area contributed by atoms with Crippen molar-refractivity contribution in [2.75, 3.05) is 0 Å². The van der Waals surface area contributed by atoms with Crippen molar-refractivity contribution in [1.29, 1.82) is 0 Å². The highest BCUT2D eigenvalue weighted by Crippen LogP contribution is 2.37. The van der Waals surface area contributed by atoms with Crippen molar-refractivity contribution in [2.45, 2.75) is 38.9 Å². The molecule has 21 heavy (non-hydrogen) atoms. The minimum absolute atomic E-state index is 0.144. The molecule has 0 spiro atoms. The summed E-state index contributed by atoms with van der Waals surface area (Å²) in [5.74, 6) is 0.846. The Morgan fingerprint density at radius 3 is 2.29 bits per heavy atom. The highest BCUT2D eigenvalue weighted by molar-refractivity contribution is 6.74. The fourth-order valence-electron chi connectivity index (χ4n) is 2.11. The molecule has 2 N–H and O–H groups in total. The lowest BCUT2D eigenvalue weighted by Crippen LogP contribution is -2.43. The highest BCUT2D eigenvalue weighted by Gasteiger charge is 2.39. The third-order valence-corrected chi connectivity index (χ3v) is 8.85. The third kappa shape index (κ3) is 3.02. The predicted molar refractivity (Wildman–Crippen MR) is 90.6 cm³/mol. The molecule has 2 rings (SSSR count). The van der Waals surface area contributed by atoms with Crippen molar-refractivity contribution < 1.29 is 14.5 Å². The Morgan fingerprint density at radius 1 is 1.14 bits per heavy atom. The van der Waals surface area contributed by atoms with E-state index in [1.807, 2.05) is 25.2 Å². The molecule has 0 aliphatic carbocycles. The standard InChI is InChI=1S/C15H24BNO3Si/c1-15(2,3)21(5,6)20-12-7-8-13-11(9-12)10-14(16(18)19)17(13)4/h7-10,18-19H,1-6H3. The molecule has 0 bridgehead atoms. The lowest BCUT2D eigenvalue weighted by atomic mass is 9.86. The summed E-state index contributed by atoms with van der Waals surface area (Å²) in [4.78, 5) is 0. The number of rotatable bonds is 3. The molecule has 1 aromatic heterocycles. The lowest BCUT2D eigenvalue weighted by molar-refractivity contribution is 0.423. The zero-order valence-electron chi connectivity index (χ0n) is 13.6. The minimum atomic E-state index is -1.87. The predicted octanol–water partition coefficient (Wildman–Crippen LogP) is 2.24. The van der Waals surface area contributed by atoms with Crippen LogP contribution in [0.4, 0.5) is 0 Å². The van der Waals surface area contributed by atoms with Crippen molar-refractivity contribution >= 4 is 31.9 Å². The monoisotopic (exact) mass is 305 g/mol. The van der Waals surface area contributed by atoms with E-state index in [2.05, 4.69) is 33.9 Å². The van der Waals surface area contributed by atoms with Gasteiger partial charge in [-0.2, -0.15) is 0 Å². The van der Waals surface area contributed by atoms with Gasteiger partial charge in [-0.3, -0.25) is 0 Å². The van der Waals surface area contributed by atoms with E-state index in [0.29, 0.717) is 5.59 Å². The van der Waals surface area contributed by atoms with Crippen molar-refractivity contribution in [1.82, 2.24) is 4.57 Å². The summed E-state index contributed by atoms with van der Waals surface area (Å²) in [5, 5.41) is 19.9. The SMILES string of the molecule is Cn1c(B(O)O)cc2cc(O[Si](C)(C)C(C)(C)C)ccc21. The Kier molecular flexibility index (Phi) is 3.99. The second-order valence-corrected chi connectivity index (χ2v) is 11.8. The molecule has 1 heterocycles. The van der Waals surface area contributed by atoms with Crippen LogP contribution in [-0.2, 0) is 7.05 Å². The van der Waals surface area contributed by atoms with E-state index in [1.54, 1.807) is 10.6 Å². The molecule has 1 aromatic carbocycles. The van der Waals surface area contributed by atoms with Gasteiger partial charge >= 0.3 is 7.12 Å². The minimum Gasteiger partial charge on any atom is -0.543 e. The molecule has 0 aliphatic rings. The van der Waals surface area contributed by atoms with Crippen molar-refractivity contribution in [3.63, 3.8) is 0 Å². The van der Waals surface area contributed by atoms with Crippen LogP contribution in [0.1, 0.15) is 20.8 Å². The van der Waals surface area contributed by atoms with Crippen LogP contribution in [0, 0.1) is 0 Å². The number of hydrogen-bond donors (Lipinski definition) is 2. The van der Waals surface area contributed by atoms with E-state index in [-0.39, 0.29) is 5.04 Å². The molecule has 114 valence electrons. The fourth-order valence-corrected chi connectivity index (χ4v) is 3.13. The maximum atomic E-state index is 9.38. The quantitative estimate of drug-likeness (QED) is 0.855. The molecule has 0 amide bonds. The zero-order valence-corrected chi connectivity index (χ0v) is 14.6. The first kappa shape index (κ1) is 16.1. The number of hydrogen-bond acceptors (Lipinski definition) is 3. The molecule has 0 unspecified atom stereocenters. The van der Waals surface area contributed by atoms with Gasteiger partial charge in [0.1, 0.15) is 5.75 Å². The summed E-state index contributed by atoms with van der Waals surface area (Å²) in [5.41, 5.74) is 1.44. The first-order valence-electron chi connectivity index (χ1n) is 7.17. The number of aryl methyl sites for hydroxylation is 1. The van der Waals surface area contributed by atoms with Crippen molar-refractivity contribution in [3.8, 4) is 5.75 Å². The second-order valence-electron chi connectivity index (χ2n) is 7.08. The van der Waals surface area contributed by atoms with Crippen molar-refractivity contribution in [3.05, 3.63) is 24.3 Å². The van der Waals surface area contributed by atoms with Gasteiger partial charge in [0.05, 0.1) is 0 Å². The summed E-state index contributed by atoms with van der Waals surface area (Å²) >= 11 is 0. The lowest BCUT2D eigenvalue weighted by Gasteiger charge is -2.36. The maximum absolute atomic E-state index is 9.38. The molecule has 0 fully saturated rings. The molecule has 0 saturated heterocycles. The normalized spacial score (nSPS) is 12.8. The van der Waals surface area contributed by atoms with Crippen LogP contribution in [0.25, 0.3) is 10.9 Å². The Hall–Kier alpha value is -1.24. The smallest absolute Gasteiger partial charge is 0.505 e. The van der Waals surface area contributed by atoms with Gasteiger partial charge < -0.3 is 19.0 Å². The van der Waals surface area contributed by atoms with Gasteiger partial charge in [-0.1, -0.05) is 20.8 Å². The largest absolute Gasteiger partial charge is 0.543 e. The number of fused-ring (bicyclic) bond motifs is 1. The molecular weight excluding hydrogens is 281 g/mol. The summed E-state index contributed by atoms with van der Waals surface area (Å²) in [6.45, 7) is 11.1. The number of nitrogens with zero attached hydrogens (tertiary/aromatic N) is 1. The van der Waals surface area contributed by atoms with Crippen LogP contribution in [-0.4, -0.2) is 30.1 Å². The van der Waals surface area contributed by atoms with Gasteiger partial charge in [-0.15, -0.1) is 0 Å². The van der Waals surface area contributed by atoms with Crippen LogP contribution in [0.5, 0.6) is 5.75 Å². The second kappa shape index (κ2) is 5.19. The Labute approximate surface area is 127 Å². The van der Waals surface area contributed by atoms with E-state index in [4.69, 9.17) is 4.43 Å². The van der Waals surface area contributed by atoms with Crippen LogP contribution in [0.2, 0.25) is 18.1 Å². The van der Waals surface area contributed by atoms with Crippen LogP contribution in [0.15, 0.2) is 24.3 Å². The average molecular weight is 305 g/mol. The Bertz CT molecular complexity index is 659. The van der Waals surface area contributed by atoms with Gasteiger partial charge in [-0.25, -0.2) is 0 Å². The van der Waals surface area contributed by atoms with Crippen LogP contribution >= 0.6 is 0 Å². The van der Waals surface area contributed by atoms with Gasteiger partial charge in [0.15, 0.2) is 0 Å². The van der Waals surface area contributed by atoms with Gasteiger partial charge in [0.25, 0.3) is 0 Å². The maximum Gasteiger partial charge on any atom is 0.505 e. The van der Waals surface area contributed by atoms with Gasteiger partial charge in [0, 0.05) is 23.5 Å². The molecule has 2 aromatic rings. The van der Waals surface area contributed by atoms with E-state index in [1.165, 1.54) is 0 Å². The summed E-state index contributed by atoms with van der Waals surface area (Å²) in [6, 6.07) is 7.68. The fraction of sp³-hybridized carbons (Fsp3) is 0.467. The summed E-state index contributed by atoms with van der Waals surface area (Å²) in [7, 11) is -1.51. The molecular formula is C15H24BNO3Si. The first-order valence-corrected chi connectivity index (χ1v) is 10.1. The number of aromatic nitrogens is 1. The third-order valence-electron chi connectivity index (χ3n) is 4.49. The average Bonchev–Trinajstić information content (AvgIpc) is 2.64. The molecule has 0 atom stereocenters. The Balaban J connectivity index is 2.40. The van der Waals surface area contributed by atoms with Crippen LogP contribution < -0.4 is 10.0 Å². The van der Waals surface area contributed by atoms with Gasteiger partial charge in [0.2, 0.25) is 8.32 Å². The summed E-state index contributed by atoms with van der Waals surface area (Å²) < 4.78 is 8.08. The molecule has 0 aliphatic heterocycles. The number of benzene rings is 1. The van der Waals surface area contributed by atoms with E-state index in [0.717, 1.165) is 16.7 Å². The molecule has 0 saturated carbocycles.